The zero-order valence-electron chi connectivity index (χ0n) is 28.9. The average Bonchev–Trinajstić information content (AvgIpc) is 3.74. The predicted octanol–water partition coefficient (Wildman–Crippen LogP) is 9.21. The zero-order valence-corrected chi connectivity index (χ0v) is 29.7. The third-order valence-corrected chi connectivity index (χ3v) is 9.78. The number of aryl methyl sites for hydroxylation is 2. The molecule has 3 heterocycles. The molecule has 0 radical (unpaired) electrons. The molecule has 11 heteroatoms. The first kappa shape index (κ1) is 35.6. The fraction of sp³-hybridized carbons (Fsp3) is 0.268. The van der Waals surface area contributed by atoms with Crippen molar-refractivity contribution in [2.75, 3.05) is 19.0 Å². The van der Waals surface area contributed by atoms with Gasteiger partial charge in [-0.3, -0.25) is 0 Å². The summed E-state index contributed by atoms with van der Waals surface area (Å²) in [5.74, 6) is 0.727. The van der Waals surface area contributed by atoms with Crippen molar-refractivity contribution in [3.63, 3.8) is 0 Å². The molecular formula is C41H40F2N4O4S. The van der Waals surface area contributed by atoms with Gasteiger partial charge in [-0.2, -0.15) is 5.10 Å². The Hall–Kier alpha value is -4.81. The molecule has 0 spiro atoms. The number of aliphatic hydroxyl groups excluding tert-OH is 1. The molecule has 52 heavy (non-hydrogen) atoms. The summed E-state index contributed by atoms with van der Waals surface area (Å²) < 4.78 is 53.7. The summed E-state index contributed by atoms with van der Waals surface area (Å²) in [6.45, 7) is 1.25. The first-order valence-electron chi connectivity index (χ1n) is 17.4. The molecule has 0 saturated heterocycles. The van der Waals surface area contributed by atoms with Crippen molar-refractivity contribution in [1.29, 1.82) is 0 Å². The van der Waals surface area contributed by atoms with E-state index < -0.39 is 17.7 Å². The van der Waals surface area contributed by atoms with E-state index in [1.807, 2.05) is 82.9 Å². The Morgan fingerprint density at radius 3 is 2.69 bits per heavy atom. The Labute approximate surface area is 305 Å². The molecule has 1 unspecified atom stereocenters. The summed E-state index contributed by atoms with van der Waals surface area (Å²) >= 11 is 1.63. The smallest absolute Gasteiger partial charge is 0.184 e. The van der Waals surface area contributed by atoms with E-state index in [-0.39, 0.29) is 36.2 Å². The second kappa shape index (κ2) is 16.7. The second-order valence-electron chi connectivity index (χ2n) is 12.6. The molecule has 4 bridgehead atoms. The van der Waals surface area contributed by atoms with Crippen LogP contribution in [0.3, 0.4) is 0 Å². The fourth-order valence-electron chi connectivity index (χ4n) is 6.32. The molecule has 8 nitrogen and oxygen atoms in total. The molecule has 0 fully saturated rings. The average molecular weight is 723 g/mol. The SMILES string of the molecule is Cn1nc2nc1-c1cc(ccc1F)Oc1c(F)cc3c(ccn3COCc3ccccc3)c1/C=C/SCCCCOC2c1cccc(CCCO)c1. The number of rotatable bonds is 8. The highest BCUT2D eigenvalue weighted by atomic mass is 32.2. The molecular weight excluding hydrogens is 683 g/mol. The van der Waals surface area contributed by atoms with Crippen LogP contribution >= 0.6 is 11.8 Å². The Morgan fingerprint density at radius 1 is 0.962 bits per heavy atom. The van der Waals surface area contributed by atoms with Gasteiger partial charge in [0.2, 0.25) is 0 Å². The van der Waals surface area contributed by atoms with Gasteiger partial charge in [0.1, 0.15) is 24.4 Å². The van der Waals surface area contributed by atoms with E-state index in [4.69, 9.17) is 19.2 Å². The van der Waals surface area contributed by atoms with Crippen molar-refractivity contribution >= 4 is 28.7 Å². The maximum Gasteiger partial charge on any atom is 0.184 e. The Bertz CT molecular complexity index is 2170. The summed E-state index contributed by atoms with van der Waals surface area (Å²) in [6.07, 6.45) is 6.23. The van der Waals surface area contributed by atoms with Crippen LogP contribution in [0.2, 0.25) is 0 Å². The Morgan fingerprint density at radius 2 is 1.83 bits per heavy atom. The number of ether oxygens (including phenoxy) is 3. The topological polar surface area (TPSA) is 83.6 Å². The normalized spacial score (nSPS) is 15.8. The quantitative estimate of drug-likeness (QED) is 0.168. The van der Waals surface area contributed by atoms with E-state index in [0.717, 1.165) is 47.1 Å². The third kappa shape index (κ3) is 8.13. The predicted molar refractivity (Wildman–Crippen MR) is 200 cm³/mol. The lowest BCUT2D eigenvalue weighted by Crippen LogP contribution is -2.10. The molecule has 7 rings (SSSR count). The number of fused-ring (bicyclic) bond motifs is 8. The highest BCUT2D eigenvalue weighted by Gasteiger charge is 2.25. The largest absolute Gasteiger partial charge is 0.454 e. The lowest BCUT2D eigenvalue weighted by molar-refractivity contribution is 0.0667. The molecule has 4 aromatic carbocycles. The minimum absolute atomic E-state index is 0.0409. The van der Waals surface area contributed by atoms with Crippen LogP contribution < -0.4 is 4.74 Å². The number of aliphatic hydroxyl groups is 1. The van der Waals surface area contributed by atoms with Crippen LogP contribution in [0, 0.1) is 11.6 Å². The number of hydrogen-bond acceptors (Lipinski definition) is 7. The minimum Gasteiger partial charge on any atom is -0.454 e. The molecule has 0 amide bonds. The van der Waals surface area contributed by atoms with Crippen molar-refractivity contribution < 1.29 is 28.1 Å². The summed E-state index contributed by atoms with van der Waals surface area (Å²) in [7, 11) is 1.71. The number of benzene rings is 4. The lowest BCUT2D eigenvalue weighted by Gasteiger charge is -2.17. The van der Waals surface area contributed by atoms with Crippen molar-refractivity contribution in [3.8, 4) is 22.9 Å². The van der Waals surface area contributed by atoms with E-state index in [2.05, 4.69) is 5.10 Å². The molecule has 0 saturated carbocycles. The summed E-state index contributed by atoms with van der Waals surface area (Å²) in [5.41, 5.74) is 4.40. The van der Waals surface area contributed by atoms with E-state index in [1.54, 1.807) is 18.8 Å². The second-order valence-corrected chi connectivity index (χ2v) is 13.7. The van der Waals surface area contributed by atoms with Gasteiger partial charge in [0.15, 0.2) is 23.2 Å². The van der Waals surface area contributed by atoms with Crippen LogP contribution in [-0.4, -0.2) is 43.4 Å². The van der Waals surface area contributed by atoms with Gasteiger partial charge in [-0.15, -0.1) is 11.8 Å². The number of halogens is 2. The fourth-order valence-corrected chi connectivity index (χ4v) is 7.06. The number of hydrogen-bond donors (Lipinski definition) is 1. The van der Waals surface area contributed by atoms with Crippen molar-refractivity contribution in [2.45, 2.75) is 45.1 Å². The van der Waals surface area contributed by atoms with E-state index in [1.165, 1.54) is 28.9 Å². The van der Waals surface area contributed by atoms with Gasteiger partial charge in [-0.1, -0.05) is 54.6 Å². The van der Waals surface area contributed by atoms with Gasteiger partial charge < -0.3 is 23.9 Å². The minimum atomic E-state index is -0.581. The van der Waals surface area contributed by atoms with Crippen LogP contribution in [0.5, 0.6) is 11.5 Å². The lowest BCUT2D eigenvalue weighted by atomic mass is 10.0. The number of thioether (sulfide) groups is 1. The zero-order chi connectivity index (χ0) is 35.9. The molecule has 6 aromatic rings. The maximum atomic E-state index is 16.1. The highest BCUT2D eigenvalue weighted by molar-refractivity contribution is 8.02. The van der Waals surface area contributed by atoms with Crippen LogP contribution in [0.4, 0.5) is 8.78 Å². The molecule has 1 N–H and O–H groups in total. The third-order valence-electron chi connectivity index (χ3n) is 8.93. The van der Waals surface area contributed by atoms with Crippen molar-refractivity contribution in [2.24, 2.45) is 7.05 Å². The summed E-state index contributed by atoms with van der Waals surface area (Å²) in [5, 5.41) is 16.8. The standard InChI is InChI=1S/C41H40F2N4O4S/c1-46-41-34-24-31(14-15-35(34)42)51-39-33(32-16-18-47(37(32)25-36(39)43)27-49-26-29-9-3-2-4-10-29)17-22-52-21-6-5-20-50-38(40(44-41)45-46)30-13-7-11-28(23-30)12-8-19-48/h2-4,7,9-11,13-18,22-25,38,48H,5-6,8,12,19-21,26-27H2,1H3/b22-17+. The van der Waals surface area contributed by atoms with E-state index in [9.17, 15) is 5.11 Å². The van der Waals surface area contributed by atoms with Crippen molar-refractivity contribution in [3.05, 3.63) is 136 Å². The molecule has 0 aliphatic carbocycles. The van der Waals surface area contributed by atoms with Gasteiger partial charge in [-0.25, -0.2) is 18.4 Å². The number of nitrogens with zero attached hydrogens (tertiary/aromatic N) is 4. The summed E-state index contributed by atoms with van der Waals surface area (Å²) in [4.78, 5) is 4.79. The van der Waals surface area contributed by atoms with E-state index in [0.29, 0.717) is 36.5 Å². The Balaban J connectivity index is 1.23. The van der Waals surface area contributed by atoms with Crippen LogP contribution in [0.25, 0.3) is 28.4 Å². The molecule has 268 valence electrons. The number of aromatic nitrogens is 4. The van der Waals surface area contributed by atoms with Gasteiger partial charge in [0.05, 0.1) is 17.7 Å². The maximum absolute atomic E-state index is 16.1. The van der Waals surface area contributed by atoms with Crippen molar-refractivity contribution in [1.82, 2.24) is 19.3 Å². The highest BCUT2D eigenvalue weighted by Crippen LogP contribution is 2.38. The van der Waals surface area contributed by atoms with E-state index >= 15 is 8.78 Å². The molecule has 1 aliphatic rings. The van der Waals surface area contributed by atoms with Gasteiger partial charge in [0.25, 0.3) is 0 Å². The van der Waals surface area contributed by atoms with Gasteiger partial charge >= 0.3 is 0 Å². The molecule has 2 aromatic heterocycles. The Kier molecular flexibility index (Phi) is 11.4. The van der Waals surface area contributed by atoms with Gasteiger partial charge in [-0.05, 0) is 83.9 Å². The van der Waals surface area contributed by atoms with Crippen LogP contribution in [0.15, 0.2) is 96.5 Å². The van der Waals surface area contributed by atoms with Gasteiger partial charge in [0, 0.05) is 43.5 Å². The summed E-state index contributed by atoms with van der Waals surface area (Å²) in [6, 6.07) is 25.6. The molecule has 1 aliphatic heterocycles. The van der Waals surface area contributed by atoms with Crippen LogP contribution in [0.1, 0.15) is 53.4 Å². The first-order chi connectivity index (χ1) is 25.5. The van der Waals surface area contributed by atoms with Crippen LogP contribution in [-0.2, 0) is 36.3 Å². The first-order valence-corrected chi connectivity index (χ1v) is 18.4. The monoisotopic (exact) mass is 722 g/mol. The molecule has 1 atom stereocenters.